The molecule has 5 nitrogen and oxygen atoms in total. The number of nitrogens with zero attached hydrogens (tertiary/aromatic N) is 1. The minimum atomic E-state index is -4.93. The maximum Gasteiger partial charge on any atom is 0.419 e. The lowest BCUT2D eigenvalue weighted by atomic mass is 10.1. The molecule has 0 unspecified atom stereocenters. The lowest BCUT2D eigenvalue weighted by Crippen LogP contribution is -2.35. The molecule has 29 heavy (non-hydrogen) atoms. The second-order valence-electron chi connectivity index (χ2n) is 6.73. The summed E-state index contributed by atoms with van der Waals surface area (Å²) in [5.74, 6) is -2.33. The van der Waals surface area contributed by atoms with Gasteiger partial charge in [-0.1, -0.05) is 17.7 Å². The number of benzene rings is 2. The molecule has 0 spiro atoms. The highest BCUT2D eigenvalue weighted by atomic mass is 32.2. The first-order valence-electron chi connectivity index (χ1n) is 8.44. The van der Waals surface area contributed by atoms with Crippen molar-refractivity contribution in [3.05, 3.63) is 58.4 Å². The minimum Gasteiger partial charge on any atom is -0.325 e. The Balaban J connectivity index is 2.21. The number of aryl methyl sites for hydroxylation is 3. The van der Waals surface area contributed by atoms with Crippen molar-refractivity contribution in [1.82, 2.24) is 4.31 Å². The van der Waals surface area contributed by atoms with Crippen LogP contribution in [0, 0.1) is 26.6 Å². The van der Waals surface area contributed by atoms with Crippen molar-refractivity contribution < 1.29 is 30.8 Å². The van der Waals surface area contributed by atoms with E-state index >= 15 is 0 Å². The van der Waals surface area contributed by atoms with Gasteiger partial charge >= 0.3 is 6.18 Å². The van der Waals surface area contributed by atoms with Crippen LogP contribution in [-0.2, 0) is 21.0 Å². The fourth-order valence-electron chi connectivity index (χ4n) is 3.04. The number of carbonyl (C=O) groups is 1. The molecule has 2 aromatic rings. The molecule has 2 aromatic carbocycles. The monoisotopic (exact) mass is 432 g/mol. The summed E-state index contributed by atoms with van der Waals surface area (Å²) in [4.78, 5) is 12.2. The standard InChI is InChI=1S/C19H20F4N2O3S/c1-11-7-12(2)18(13(3)8-11)29(27,28)25(4)10-17(26)24-14-5-6-16(20)15(9-14)19(21,22)23/h5-9H,10H2,1-4H3,(H,24,26). The molecule has 0 saturated carbocycles. The zero-order chi connectivity index (χ0) is 22.1. The number of nitrogens with one attached hydrogen (secondary N) is 1. The van der Waals surface area contributed by atoms with Crippen LogP contribution in [0.25, 0.3) is 0 Å². The van der Waals surface area contributed by atoms with E-state index < -0.39 is 40.0 Å². The quantitative estimate of drug-likeness (QED) is 0.726. The Morgan fingerprint density at radius 2 is 1.62 bits per heavy atom. The summed E-state index contributed by atoms with van der Waals surface area (Å²) in [5.41, 5.74) is 0.0988. The topological polar surface area (TPSA) is 66.5 Å². The van der Waals surface area contributed by atoms with E-state index in [2.05, 4.69) is 5.32 Å². The minimum absolute atomic E-state index is 0.0690. The first-order chi connectivity index (χ1) is 13.2. The van der Waals surface area contributed by atoms with Crippen LogP contribution in [0.15, 0.2) is 35.2 Å². The van der Waals surface area contributed by atoms with Crippen molar-refractivity contribution in [3.63, 3.8) is 0 Å². The van der Waals surface area contributed by atoms with Crippen molar-refractivity contribution in [3.8, 4) is 0 Å². The van der Waals surface area contributed by atoms with E-state index in [9.17, 15) is 30.8 Å². The second kappa shape index (κ2) is 8.11. The van der Waals surface area contributed by atoms with Crippen LogP contribution in [0.5, 0.6) is 0 Å². The van der Waals surface area contributed by atoms with Gasteiger partial charge in [0, 0.05) is 12.7 Å². The number of hydrogen-bond donors (Lipinski definition) is 1. The number of hydrogen-bond acceptors (Lipinski definition) is 3. The maximum absolute atomic E-state index is 13.3. The Bertz CT molecular complexity index is 1030. The molecule has 0 aliphatic carbocycles. The molecule has 0 atom stereocenters. The molecule has 0 aromatic heterocycles. The first-order valence-corrected chi connectivity index (χ1v) is 9.88. The van der Waals surface area contributed by atoms with Crippen molar-refractivity contribution in [1.29, 1.82) is 0 Å². The molecular weight excluding hydrogens is 412 g/mol. The van der Waals surface area contributed by atoms with Crippen molar-refractivity contribution >= 4 is 21.6 Å². The Hall–Kier alpha value is -2.46. The summed E-state index contributed by atoms with van der Waals surface area (Å²) < 4.78 is 78.2. The second-order valence-corrected chi connectivity index (χ2v) is 8.71. The van der Waals surface area contributed by atoms with E-state index in [0.29, 0.717) is 23.3 Å². The summed E-state index contributed by atoms with van der Waals surface area (Å²) in [5, 5.41) is 2.16. The molecule has 0 radical (unpaired) electrons. The molecule has 10 heteroatoms. The van der Waals surface area contributed by atoms with Gasteiger partial charge in [-0.05, 0) is 50.1 Å². The van der Waals surface area contributed by atoms with E-state index in [4.69, 9.17) is 0 Å². The fourth-order valence-corrected chi connectivity index (χ4v) is 4.57. The van der Waals surface area contributed by atoms with Crippen molar-refractivity contribution in [2.24, 2.45) is 0 Å². The summed E-state index contributed by atoms with van der Waals surface area (Å²) in [6.07, 6.45) is -4.93. The molecule has 2 rings (SSSR count). The Morgan fingerprint density at radius 1 is 1.07 bits per heavy atom. The highest BCUT2D eigenvalue weighted by Gasteiger charge is 2.34. The zero-order valence-electron chi connectivity index (χ0n) is 16.2. The van der Waals surface area contributed by atoms with E-state index in [1.54, 1.807) is 26.0 Å². The predicted molar refractivity (Wildman–Crippen MR) is 101 cm³/mol. The third kappa shape index (κ3) is 5.13. The van der Waals surface area contributed by atoms with Gasteiger partial charge < -0.3 is 5.32 Å². The lowest BCUT2D eigenvalue weighted by Gasteiger charge is -2.20. The van der Waals surface area contributed by atoms with Gasteiger partial charge in [-0.2, -0.15) is 17.5 Å². The number of alkyl halides is 3. The molecule has 0 fully saturated rings. The van der Waals surface area contributed by atoms with Crippen LogP contribution in [0.2, 0.25) is 0 Å². The van der Waals surface area contributed by atoms with Crippen LogP contribution in [0.4, 0.5) is 23.2 Å². The Labute approximate surface area is 166 Å². The third-order valence-electron chi connectivity index (χ3n) is 4.19. The van der Waals surface area contributed by atoms with Crippen LogP contribution >= 0.6 is 0 Å². The number of likely N-dealkylation sites (N-methyl/N-ethyl adjacent to an activating group) is 1. The molecule has 1 N–H and O–H groups in total. The van der Waals surface area contributed by atoms with Crippen molar-refractivity contribution in [2.45, 2.75) is 31.8 Å². The van der Waals surface area contributed by atoms with E-state index in [-0.39, 0.29) is 10.6 Å². The zero-order valence-corrected chi connectivity index (χ0v) is 17.0. The predicted octanol–water partition coefficient (Wildman–Crippen LogP) is 4.03. The summed E-state index contributed by atoms with van der Waals surface area (Å²) in [6.45, 7) is 4.47. The van der Waals surface area contributed by atoms with Gasteiger partial charge in [-0.15, -0.1) is 0 Å². The van der Waals surface area contributed by atoms with Crippen LogP contribution in [0.1, 0.15) is 22.3 Å². The summed E-state index contributed by atoms with van der Waals surface area (Å²) >= 11 is 0. The fraction of sp³-hybridized carbons (Fsp3) is 0.316. The average molecular weight is 432 g/mol. The number of halogens is 4. The molecule has 158 valence electrons. The SMILES string of the molecule is Cc1cc(C)c(S(=O)(=O)N(C)CC(=O)Nc2ccc(F)c(C(F)(F)F)c2)c(C)c1. The Morgan fingerprint density at radius 3 is 2.14 bits per heavy atom. The number of carbonyl (C=O) groups excluding carboxylic acids is 1. The van der Waals surface area contributed by atoms with Gasteiger partial charge in [0.05, 0.1) is 17.0 Å². The summed E-state index contributed by atoms with van der Waals surface area (Å²) in [6, 6.07) is 5.40. The van der Waals surface area contributed by atoms with Gasteiger partial charge in [0.1, 0.15) is 5.82 Å². The van der Waals surface area contributed by atoms with Gasteiger partial charge in [0.25, 0.3) is 0 Å². The highest BCUT2D eigenvalue weighted by Crippen LogP contribution is 2.33. The molecule has 0 heterocycles. The van der Waals surface area contributed by atoms with Crippen molar-refractivity contribution in [2.75, 3.05) is 18.9 Å². The first kappa shape index (κ1) is 22.8. The molecule has 0 aliphatic heterocycles. The van der Waals surface area contributed by atoms with Gasteiger partial charge in [0.2, 0.25) is 15.9 Å². The number of sulfonamides is 1. The highest BCUT2D eigenvalue weighted by molar-refractivity contribution is 7.89. The third-order valence-corrected chi connectivity index (χ3v) is 6.30. The molecule has 0 bridgehead atoms. The van der Waals surface area contributed by atoms with E-state index in [1.165, 1.54) is 7.05 Å². The maximum atomic E-state index is 13.3. The van der Waals surface area contributed by atoms with E-state index in [0.717, 1.165) is 15.9 Å². The average Bonchev–Trinajstić information content (AvgIpc) is 2.54. The lowest BCUT2D eigenvalue weighted by molar-refractivity contribution is -0.140. The molecule has 0 saturated heterocycles. The normalized spacial score (nSPS) is 12.3. The Kier molecular flexibility index (Phi) is 6.39. The van der Waals surface area contributed by atoms with Crippen LogP contribution in [0.3, 0.4) is 0 Å². The van der Waals surface area contributed by atoms with Gasteiger partial charge in [0.15, 0.2) is 0 Å². The largest absolute Gasteiger partial charge is 0.419 e. The number of anilines is 1. The van der Waals surface area contributed by atoms with Crippen LogP contribution in [-0.4, -0.2) is 32.2 Å². The molecule has 0 aliphatic rings. The van der Waals surface area contributed by atoms with E-state index in [1.807, 2.05) is 6.92 Å². The molecular formula is C19H20F4N2O3S. The summed E-state index contributed by atoms with van der Waals surface area (Å²) in [7, 11) is -2.82. The smallest absolute Gasteiger partial charge is 0.325 e. The molecule has 1 amide bonds. The number of amides is 1. The van der Waals surface area contributed by atoms with Gasteiger partial charge in [-0.25, -0.2) is 12.8 Å². The number of rotatable bonds is 5. The van der Waals surface area contributed by atoms with Crippen LogP contribution < -0.4 is 5.32 Å². The van der Waals surface area contributed by atoms with Gasteiger partial charge in [-0.3, -0.25) is 4.79 Å².